The molecule has 1 amide bonds. The average Bonchev–Trinajstić information content (AvgIpc) is 3.31. The maximum Gasteiger partial charge on any atom is 0.254 e. The molecular formula is C14H20F2N6OS. The SMILES string of the molecule is O=C1CC(C(F)F)NC(N2CCN(c3nc(C4CC4)ns3)CC2)N1. The maximum atomic E-state index is 12.9. The molecule has 0 bridgehead atoms. The first-order valence-electron chi connectivity index (χ1n) is 8.26. The first-order chi connectivity index (χ1) is 11.6. The van der Waals surface area contributed by atoms with E-state index in [9.17, 15) is 13.6 Å². The molecule has 7 nitrogen and oxygen atoms in total. The Labute approximate surface area is 142 Å². The lowest BCUT2D eigenvalue weighted by atomic mass is 10.1. The Morgan fingerprint density at radius 2 is 1.96 bits per heavy atom. The van der Waals surface area contributed by atoms with Crippen molar-refractivity contribution in [2.75, 3.05) is 31.1 Å². The van der Waals surface area contributed by atoms with Crippen molar-refractivity contribution in [1.82, 2.24) is 24.9 Å². The number of halogens is 2. The Hall–Kier alpha value is -1.39. The minimum Gasteiger partial charge on any atom is -0.344 e. The molecule has 24 heavy (non-hydrogen) atoms. The van der Waals surface area contributed by atoms with Gasteiger partial charge in [0.05, 0.1) is 6.04 Å². The second kappa shape index (κ2) is 6.49. The van der Waals surface area contributed by atoms with Gasteiger partial charge >= 0.3 is 0 Å². The van der Waals surface area contributed by atoms with Crippen molar-refractivity contribution in [3.05, 3.63) is 5.82 Å². The van der Waals surface area contributed by atoms with E-state index in [1.165, 1.54) is 24.4 Å². The molecule has 3 aliphatic rings. The fraction of sp³-hybridized carbons (Fsp3) is 0.786. The van der Waals surface area contributed by atoms with E-state index in [0.29, 0.717) is 19.0 Å². The Kier molecular flexibility index (Phi) is 4.35. The summed E-state index contributed by atoms with van der Waals surface area (Å²) in [7, 11) is 0. The molecule has 3 heterocycles. The van der Waals surface area contributed by atoms with Crippen LogP contribution in [0.3, 0.4) is 0 Å². The van der Waals surface area contributed by atoms with E-state index in [1.54, 1.807) is 0 Å². The topological polar surface area (TPSA) is 73.4 Å². The third-order valence-corrected chi connectivity index (χ3v) is 5.49. The van der Waals surface area contributed by atoms with Crippen LogP contribution in [-0.4, -0.2) is 65.1 Å². The molecule has 3 fully saturated rings. The number of nitrogens with one attached hydrogen (secondary N) is 2. The van der Waals surface area contributed by atoms with Gasteiger partial charge in [-0.15, -0.1) is 0 Å². The Balaban J connectivity index is 1.34. The van der Waals surface area contributed by atoms with Gasteiger partial charge in [-0.3, -0.25) is 15.0 Å². The van der Waals surface area contributed by atoms with E-state index in [-0.39, 0.29) is 12.3 Å². The zero-order valence-electron chi connectivity index (χ0n) is 13.1. The number of hydrogen-bond donors (Lipinski definition) is 2. The smallest absolute Gasteiger partial charge is 0.254 e. The van der Waals surface area contributed by atoms with Crippen LogP contribution < -0.4 is 15.5 Å². The molecule has 1 saturated carbocycles. The second-order valence-corrected chi connectivity index (χ2v) is 7.24. The number of carbonyl (C=O) groups is 1. The molecule has 4 rings (SSSR count). The highest BCUT2D eigenvalue weighted by atomic mass is 32.1. The molecule has 10 heteroatoms. The van der Waals surface area contributed by atoms with Crippen LogP contribution in [0.2, 0.25) is 0 Å². The van der Waals surface area contributed by atoms with Crippen LogP contribution in [0.15, 0.2) is 0 Å². The van der Waals surface area contributed by atoms with Crippen molar-refractivity contribution in [2.24, 2.45) is 0 Å². The van der Waals surface area contributed by atoms with E-state index in [1.807, 2.05) is 4.90 Å². The predicted octanol–water partition coefficient (Wildman–Crippen LogP) is 0.564. The summed E-state index contributed by atoms with van der Waals surface area (Å²) in [6.07, 6.45) is -0.876. The lowest BCUT2D eigenvalue weighted by molar-refractivity contribution is -0.129. The van der Waals surface area contributed by atoms with Gasteiger partial charge in [-0.25, -0.2) is 13.8 Å². The molecule has 2 N–H and O–H groups in total. The molecule has 1 aromatic rings. The highest BCUT2D eigenvalue weighted by Gasteiger charge is 2.36. The van der Waals surface area contributed by atoms with E-state index in [2.05, 4.69) is 24.9 Å². The van der Waals surface area contributed by atoms with Gasteiger partial charge in [-0.05, 0) is 12.8 Å². The maximum absolute atomic E-state index is 12.9. The molecule has 1 aromatic heterocycles. The number of alkyl halides is 2. The molecule has 2 aliphatic heterocycles. The van der Waals surface area contributed by atoms with Crippen LogP contribution >= 0.6 is 11.5 Å². The highest BCUT2D eigenvalue weighted by molar-refractivity contribution is 7.09. The predicted molar refractivity (Wildman–Crippen MR) is 85.1 cm³/mol. The molecule has 0 radical (unpaired) electrons. The van der Waals surface area contributed by atoms with Crippen molar-refractivity contribution < 1.29 is 13.6 Å². The molecule has 1 aliphatic carbocycles. The number of piperazine rings is 1. The summed E-state index contributed by atoms with van der Waals surface area (Å²) in [5, 5.41) is 6.52. The summed E-state index contributed by atoms with van der Waals surface area (Å²) in [5.74, 6) is 1.17. The van der Waals surface area contributed by atoms with Gasteiger partial charge in [-0.1, -0.05) is 0 Å². The molecule has 0 spiro atoms. The third-order valence-electron chi connectivity index (χ3n) is 4.70. The highest BCUT2D eigenvalue weighted by Crippen LogP contribution is 2.39. The number of amides is 1. The van der Waals surface area contributed by atoms with Crippen molar-refractivity contribution in [3.8, 4) is 0 Å². The summed E-state index contributed by atoms with van der Waals surface area (Å²) in [6, 6.07) is -1.08. The Morgan fingerprint density at radius 1 is 1.21 bits per heavy atom. The number of nitrogens with zero attached hydrogens (tertiary/aromatic N) is 4. The number of anilines is 1. The normalized spacial score (nSPS) is 29.1. The zero-order chi connectivity index (χ0) is 16.7. The average molecular weight is 358 g/mol. The number of hydrogen-bond acceptors (Lipinski definition) is 7. The third kappa shape index (κ3) is 3.35. The fourth-order valence-corrected chi connectivity index (χ4v) is 3.90. The number of aromatic nitrogens is 2. The largest absolute Gasteiger partial charge is 0.344 e. The molecular weight excluding hydrogens is 338 g/mol. The van der Waals surface area contributed by atoms with Crippen LogP contribution in [-0.2, 0) is 4.79 Å². The van der Waals surface area contributed by atoms with Gasteiger partial charge in [0.1, 0.15) is 12.1 Å². The van der Waals surface area contributed by atoms with Crippen LogP contribution in [0.1, 0.15) is 31.0 Å². The number of rotatable bonds is 4. The second-order valence-electron chi connectivity index (χ2n) is 6.51. The van der Waals surface area contributed by atoms with Gasteiger partial charge < -0.3 is 10.2 Å². The monoisotopic (exact) mass is 358 g/mol. The quantitative estimate of drug-likeness (QED) is 0.820. The summed E-state index contributed by atoms with van der Waals surface area (Å²) in [4.78, 5) is 20.4. The van der Waals surface area contributed by atoms with E-state index >= 15 is 0 Å². The van der Waals surface area contributed by atoms with Gasteiger partial charge in [0.2, 0.25) is 11.0 Å². The minimum atomic E-state index is -2.54. The van der Waals surface area contributed by atoms with E-state index < -0.39 is 18.8 Å². The molecule has 2 saturated heterocycles. The Morgan fingerprint density at radius 3 is 2.62 bits per heavy atom. The molecule has 2 unspecified atom stereocenters. The molecule has 132 valence electrons. The lowest BCUT2D eigenvalue weighted by Gasteiger charge is -2.42. The van der Waals surface area contributed by atoms with Crippen molar-refractivity contribution >= 4 is 22.6 Å². The zero-order valence-corrected chi connectivity index (χ0v) is 13.9. The van der Waals surface area contributed by atoms with Gasteiger partial charge in [-0.2, -0.15) is 4.37 Å². The number of carbonyl (C=O) groups excluding carboxylic acids is 1. The Bertz CT molecular complexity index is 602. The van der Waals surface area contributed by atoms with Crippen molar-refractivity contribution in [2.45, 2.75) is 43.9 Å². The van der Waals surface area contributed by atoms with E-state index in [0.717, 1.165) is 24.0 Å². The summed E-state index contributed by atoms with van der Waals surface area (Å²) >= 11 is 1.43. The lowest BCUT2D eigenvalue weighted by Crippen LogP contribution is -2.67. The van der Waals surface area contributed by atoms with Gasteiger partial charge in [0, 0.05) is 50.1 Å². The first-order valence-corrected chi connectivity index (χ1v) is 9.03. The summed E-state index contributed by atoms with van der Waals surface area (Å²) in [5.41, 5.74) is 0. The van der Waals surface area contributed by atoms with Gasteiger partial charge in [0.15, 0.2) is 0 Å². The van der Waals surface area contributed by atoms with Crippen LogP contribution in [0.4, 0.5) is 13.9 Å². The van der Waals surface area contributed by atoms with Crippen molar-refractivity contribution in [1.29, 1.82) is 0 Å². The fourth-order valence-electron chi connectivity index (χ4n) is 3.11. The first kappa shape index (κ1) is 16.1. The molecule has 0 aromatic carbocycles. The van der Waals surface area contributed by atoms with Crippen LogP contribution in [0, 0.1) is 0 Å². The summed E-state index contributed by atoms with van der Waals surface area (Å²) < 4.78 is 30.2. The standard InChI is InChI=1S/C14H20F2N6OS/c15-11(16)9-7-10(23)18-13(17-9)21-3-5-22(6-4-21)14-19-12(20-24-14)8-1-2-8/h8-9,11,13,17H,1-7H2,(H,18,23). The van der Waals surface area contributed by atoms with Crippen LogP contribution in [0.25, 0.3) is 0 Å². The van der Waals surface area contributed by atoms with Crippen molar-refractivity contribution in [3.63, 3.8) is 0 Å². The van der Waals surface area contributed by atoms with E-state index in [4.69, 9.17) is 0 Å². The minimum absolute atomic E-state index is 0.178. The molecule has 2 atom stereocenters. The van der Waals surface area contributed by atoms with Gasteiger partial charge in [0.25, 0.3) is 6.43 Å². The van der Waals surface area contributed by atoms with Crippen LogP contribution in [0.5, 0.6) is 0 Å². The summed E-state index contributed by atoms with van der Waals surface area (Å²) in [6.45, 7) is 2.83.